The van der Waals surface area contributed by atoms with Crippen LogP contribution < -0.4 is 10.9 Å². The van der Waals surface area contributed by atoms with Crippen molar-refractivity contribution in [3.63, 3.8) is 0 Å². The number of hydrogen-bond donors (Lipinski definition) is 1. The van der Waals surface area contributed by atoms with Gasteiger partial charge < -0.3 is 5.32 Å². The number of carbonyl (C=O) groups excluding carboxylic acids is 1. The van der Waals surface area contributed by atoms with Crippen LogP contribution in [0.15, 0.2) is 47.4 Å². The third-order valence-electron chi connectivity index (χ3n) is 3.87. The lowest BCUT2D eigenvalue weighted by Gasteiger charge is -2.11. The lowest BCUT2D eigenvalue weighted by molar-refractivity contribution is -0.385. The summed E-state index contributed by atoms with van der Waals surface area (Å²) >= 11 is 0. The van der Waals surface area contributed by atoms with Gasteiger partial charge >= 0.3 is 0 Å². The molecule has 1 heterocycles. The Kier molecular flexibility index (Phi) is 5.47. The Balaban J connectivity index is 2.07. The van der Waals surface area contributed by atoms with Gasteiger partial charge in [0.15, 0.2) is 0 Å². The lowest BCUT2D eigenvalue weighted by Crippen LogP contribution is -2.26. The number of pyridine rings is 1. The lowest BCUT2D eigenvalue weighted by atomic mass is 9.99. The maximum absolute atomic E-state index is 12.0. The maximum Gasteiger partial charge on any atom is 0.285 e. The molecule has 1 aromatic heterocycles. The summed E-state index contributed by atoms with van der Waals surface area (Å²) < 4.78 is 1.01. The molecule has 0 bridgehead atoms. The summed E-state index contributed by atoms with van der Waals surface area (Å²) in [6.45, 7) is 3.95. The first kappa shape index (κ1) is 17.4. The number of nitro groups is 1. The molecule has 126 valence electrons. The van der Waals surface area contributed by atoms with E-state index < -0.39 is 16.4 Å². The van der Waals surface area contributed by atoms with Gasteiger partial charge in [-0.25, -0.2) is 0 Å². The average Bonchev–Trinajstić information content (AvgIpc) is 2.56. The second-order valence-corrected chi connectivity index (χ2v) is 5.59. The molecule has 0 aliphatic carbocycles. The van der Waals surface area contributed by atoms with Crippen molar-refractivity contribution in [2.24, 2.45) is 0 Å². The smallest absolute Gasteiger partial charge is 0.285 e. The number of amides is 1. The number of rotatable bonds is 6. The van der Waals surface area contributed by atoms with Crippen LogP contribution in [-0.2, 0) is 11.3 Å². The number of hydrogen-bond acceptors (Lipinski definition) is 4. The summed E-state index contributed by atoms with van der Waals surface area (Å²) in [5, 5.41) is 13.4. The number of carbonyl (C=O) groups is 1. The van der Waals surface area contributed by atoms with Gasteiger partial charge in [-0.05, 0) is 30.0 Å². The van der Waals surface area contributed by atoms with Crippen molar-refractivity contribution in [2.75, 3.05) is 5.32 Å². The zero-order valence-corrected chi connectivity index (χ0v) is 13.6. The summed E-state index contributed by atoms with van der Waals surface area (Å²) in [5.41, 5.74) is 1.10. The maximum atomic E-state index is 12.0. The third kappa shape index (κ3) is 4.28. The van der Waals surface area contributed by atoms with Gasteiger partial charge in [-0.2, -0.15) is 0 Å². The van der Waals surface area contributed by atoms with Crippen LogP contribution in [0.3, 0.4) is 0 Å². The van der Waals surface area contributed by atoms with Crippen molar-refractivity contribution in [2.45, 2.75) is 32.7 Å². The normalized spacial score (nSPS) is 11.8. The monoisotopic (exact) mass is 329 g/mol. The van der Waals surface area contributed by atoms with Crippen LogP contribution in [-0.4, -0.2) is 15.4 Å². The zero-order valence-electron chi connectivity index (χ0n) is 13.6. The van der Waals surface area contributed by atoms with E-state index in [1.54, 1.807) is 12.1 Å². The number of nitrogens with one attached hydrogen (secondary N) is 1. The quantitative estimate of drug-likeness (QED) is 0.651. The van der Waals surface area contributed by atoms with Gasteiger partial charge in [0.2, 0.25) is 5.91 Å². The first-order chi connectivity index (χ1) is 11.4. The Morgan fingerprint density at radius 2 is 1.92 bits per heavy atom. The van der Waals surface area contributed by atoms with Gasteiger partial charge in [-0.1, -0.05) is 26.0 Å². The van der Waals surface area contributed by atoms with E-state index in [2.05, 4.69) is 19.2 Å². The van der Waals surface area contributed by atoms with Gasteiger partial charge in [0, 0.05) is 17.8 Å². The molecule has 0 radical (unpaired) electrons. The van der Waals surface area contributed by atoms with Gasteiger partial charge in [0.25, 0.3) is 11.2 Å². The molecule has 1 N–H and O–H groups in total. The van der Waals surface area contributed by atoms with Crippen LogP contribution >= 0.6 is 0 Å². The van der Waals surface area contributed by atoms with E-state index in [0.29, 0.717) is 11.6 Å². The molecule has 2 rings (SSSR count). The van der Waals surface area contributed by atoms with Crippen LogP contribution in [0.25, 0.3) is 0 Å². The molecule has 0 aliphatic heterocycles. The van der Waals surface area contributed by atoms with E-state index in [1.807, 2.05) is 12.1 Å². The average molecular weight is 329 g/mol. The molecule has 7 heteroatoms. The highest BCUT2D eigenvalue weighted by molar-refractivity contribution is 5.90. The zero-order chi connectivity index (χ0) is 17.7. The van der Waals surface area contributed by atoms with Crippen molar-refractivity contribution in [3.8, 4) is 0 Å². The molecule has 0 spiro atoms. The van der Waals surface area contributed by atoms with Crippen molar-refractivity contribution in [1.29, 1.82) is 0 Å². The Bertz CT molecular complexity index is 796. The van der Waals surface area contributed by atoms with E-state index in [4.69, 9.17) is 0 Å². The first-order valence-electron chi connectivity index (χ1n) is 7.65. The largest absolute Gasteiger partial charge is 0.325 e. The Morgan fingerprint density at radius 3 is 2.50 bits per heavy atom. The van der Waals surface area contributed by atoms with E-state index in [9.17, 15) is 19.7 Å². The van der Waals surface area contributed by atoms with Crippen LogP contribution in [0.2, 0.25) is 0 Å². The fourth-order valence-electron chi connectivity index (χ4n) is 2.24. The second-order valence-electron chi connectivity index (χ2n) is 5.59. The highest BCUT2D eigenvalue weighted by atomic mass is 16.6. The summed E-state index contributed by atoms with van der Waals surface area (Å²) in [4.78, 5) is 33.9. The van der Waals surface area contributed by atoms with Gasteiger partial charge in [0.05, 0.1) is 11.1 Å². The van der Waals surface area contributed by atoms with Crippen LogP contribution in [0.1, 0.15) is 31.7 Å². The molecule has 1 amide bonds. The molecule has 0 saturated carbocycles. The minimum Gasteiger partial charge on any atom is -0.325 e. The number of anilines is 1. The number of nitrogens with zero attached hydrogens (tertiary/aromatic N) is 2. The Labute approximate surface area is 139 Å². The predicted octanol–water partition coefficient (Wildman–Crippen LogP) is 2.91. The summed E-state index contributed by atoms with van der Waals surface area (Å²) in [5.74, 6) is 0.0204. The molecule has 1 aromatic carbocycles. The highest BCUT2D eigenvalue weighted by Crippen LogP contribution is 2.20. The molecular formula is C17H19N3O4. The molecule has 0 aliphatic rings. The Morgan fingerprint density at radius 1 is 1.25 bits per heavy atom. The van der Waals surface area contributed by atoms with Crippen molar-refractivity contribution in [3.05, 3.63) is 68.6 Å². The molecular weight excluding hydrogens is 310 g/mol. The molecule has 0 fully saturated rings. The van der Waals surface area contributed by atoms with E-state index in [0.717, 1.165) is 29.3 Å². The van der Waals surface area contributed by atoms with E-state index in [1.165, 1.54) is 5.56 Å². The van der Waals surface area contributed by atoms with Crippen LogP contribution in [0, 0.1) is 10.1 Å². The van der Waals surface area contributed by atoms with Crippen molar-refractivity contribution >= 4 is 17.3 Å². The Hall–Kier alpha value is -2.96. The van der Waals surface area contributed by atoms with Gasteiger partial charge in [-0.3, -0.25) is 24.3 Å². The number of aromatic nitrogens is 1. The molecule has 1 atom stereocenters. The first-order valence-corrected chi connectivity index (χ1v) is 7.65. The van der Waals surface area contributed by atoms with E-state index in [-0.39, 0.29) is 12.2 Å². The minimum atomic E-state index is -0.610. The topological polar surface area (TPSA) is 94.2 Å². The van der Waals surface area contributed by atoms with Crippen LogP contribution in [0.4, 0.5) is 11.4 Å². The van der Waals surface area contributed by atoms with Gasteiger partial charge in [0.1, 0.15) is 6.54 Å². The number of benzene rings is 1. The third-order valence-corrected chi connectivity index (χ3v) is 3.87. The van der Waals surface area contributed by atoms with Crippen molar-refractivity contribution < 1.29 is 9.72 Å². The fraction of sp³-hybridized carbons (Fsp3) is 0.294. The van der Waals surface area contributed by atoms with E-state index >= 15 is 0 Å². The highest BCUT2D eigenvalue weighted by Gasteiger charge is 2.11. The van der Waals surface area contributed by atoms with Crippen LogP contribution in [0.5, 0.6) is 0 Å². The SMILES string of the molecule is CCC(C)c1ccc(NC(=O)Cn2cc([N+](=O)[O-])ccc2=O)cc1. The summed E-state index contributed by atoms with van der Waals surface area (Å²) in [7, 11) is 0. The molecule has 7 nitrogen and oxygen atoms in total. The second kappa shape index (κ2) is 7.54. The minimum absolute atomic E-state index is 0.236. The molecule has 1 unspecified atom stereocenters. The van der Waals surface area contributed by atoms with Gasteiger partial charge in [-0.15, -0.1) is 0 Å². The molecule has 24 heavy (non-hydrogen) atoms. The predicted molar refractivity (Wildman–Crippen MR) is 91.1 cm³/mol. The fourth-order valence-corrected chi connectivity index (χ4v) is 2.24. The summed E-state index contributed by atoms with van der Waals surface area (Å²) in [6.07, 6.45) is 2.09. The standard InChI is InChI=1S/C17H19N3O4/c1-3-12(2)13-4-6-14(7-5-13)18-16(21)11-19-10-15(20(23)24)8-9-17(19)22/h4-10,12H,3,11H2,1-2H3,(H,18,21). The molecule has 0 saturated heterocycles. The summed E-state index contributed by atoms with van der Waals surface area (Å²) in [6, 6.07) is 9.69. The van der Waals surface area contributed by atoms with Crippen molar-refractivity contribution in [1.82, 2.24) is 4.57 Å². The molecule has 2 aromatic rings.